The fraction of sp³-hybridized carbons (Fsp3) is 0.308. The summed E-state index contributed by atoms with van der Waals surface area (Å²) in [5, 5.41) is 2.79. The predicted octanol–water partition coefficient (Wildman–Crippen LogP) is 2.70. The van der Waals surface area contributed by atoms with E-state index in [-0.39, 0.29) is 23.7 Å². The van der Waals surface area contributed by atoms with Gasteiger partial charge >= 0.3 is 0 Å². The lowest BCUT2D eigenvalue weighted by molar-refractivity contribution is -0.123. The van der Waals surface area contributed by atoms with Gasteiger partial charge in [0.15, 0.2) is 6.61 Å². The molecule has 0 unspecified atom stereocenters. The number of ether oxygens (including phenoxy) is 1. The van der Waals surface area contributed by atoms with Crippen molar-refractivity contribution in [2.75, 3.05) is 44.2 Å². The molecule has 172 valence electrons. The number of rotatable bonds is 9. The summed E-state index contributed by atoms with van der Waals surface area (Å²) < 4.78 is 11.0. The maximum absolute atomic E-state index is 12.4. The number of nitrogens with zero attached hydrogens (tertiary/aromatic N) is 2. The van der Waals surface area contributed by atoms with Gasteiger partial charge in [0.2, 0.25) is 11.2 Å². The quantitative estimate of drug-likeness (QED) is 0.544. The van der Waals surface area contributed by atoms with Crippen molar-refractivity contribution in [1.29, 1.82) is 0 Å². The van der Waals surface area contributed by atoms with Crippen molar-refractivity contribution in [2.24, 2.45) is 0 Å². The fourth-order valence-corrected chi connectivity index (χ4v) is 3.84. The van der Waals surface area contributed by atoms with Gasteiger partial charge in [0, 0.05) is 44.5 Å². The van der Waals surface area contributed by atoms with Gasteiger partial charge < -0.3 is 19.4 Å². The lowest BCUT2D eigenvalue weighted by Crippen LogP contribution is -2.46. The molecule has 1 aliphatic rings. The molecule has 1 aliphatic heterocycles. The van der Waals surface area contributed by atoms with Crippen molar-refractivity contribution in [3.05, 3.63) is 94.5 Å². The fourth-order valence-electron chi connectivity index (χ4n) is 3.84. The Morgan fingerprint density at radius 2 is 1.67 bits per heavy atom. The standard InChI is InChI=1S/C26H29N3O4/c30-24-17-23(18-28-13-15-29(16-14-28)22-9-5-2-6-10-22)32-19-25(24)33-20-26(31)27-12-11-21-7-3-1-4-8-21/h1-10,17,19H,11-16,18,20H2,(H,27,31). The molecule has 2 aromatic carbocycles. The Kier molecular flexibility index (Phi) is 7.76. The van der Waals surface area contributed by atoms with Gasteiger partial charge in [-0.3, -0.25) is 14.5 Å². The van der Waals surface area contributed by atoms with Gasteiger partial charge in [-0.1, -0.05) is 48.5 Å². The summed E-state index contributed by atoms with van der Waals surface area (Å²) in [5.74, 6) is 0.365. The number of carbonyl (C=O) groups is 1. The first-order chi connectivity index (χ1) is 16.2. The normalized spacial score (nSPS) is 14.1. The SMILES string of the molecule is O=C(COc1coc(CN2CCN(c3ccccc3)CC2)cc1=O)NCCc1ccccc1. The number of hydrogen-bond acceptors (Lipinski definition) is 6. The maximum atomic E-state index is 12.4. The zero-order valence-electron chi connectivity index (χ0n) is 18.6. The number of anilines is 1. The number of nitrogens with one attached hydrogen (secondary N) is 1. The van der Waals surface area contributed by atoms with E-state index in [1.165, 1.54) is 18.0 Å². The Labute approximate surface area is 193 Å². The number of amides is 1. The van der Waals surface area contributed by atoms with Gasteiger partial charge in [0.25, 0.3) is 5.91 Å². The van der Waals surface area contributed by atoms with Crippen LogP contribution in [0.2, 0.25) is 0 Å². The molecule has 0 saturated carbocycles. The Bertz CT molecular complexity index is 1080. The number of carbonyl (C=O) groups excluding carboxylic acids is 1. The Balaban J connectivity index is 1.20. The summed E-state index contributed by atoms with van der Waals surface area (Å²) in [6, 6.07) is 21.7. The molecular formula is C26H29N3O4. The smallest absolute Gasteiger partial charge is 0.257 e. The van der Waals surface area contributed by atoms with Crippen LogP contribution in [0.5, 0.6) is 5.75 Å². The van der Waals surface area contributed by atoms with E-state index in [9.17, 15) is 9.59 Å². The molecule has 33 heavy (non-hydrogen) atoms. The molecule has 0 aliphatic carbocycles. The highest BCUT2D eigenvalue weighted by Gasteiger charge is 2.18. The van der Waals surface area contributed by atoms with Crippen molar-refractivity contribution in [3.63, 3.8) is 0 Å². The van der Waals surface area contributed by atoms with E-state index in [2.05, 4.69) is 27.2 Å². The van der Waals surface area contributed by atoms with E-state index in [0.717, 1.165) is 38.2 Å². The Morgan fingerprint density at radius 3 is 2.36 bits per heavy atom. The molecule has 1 fully saturated rings. The highest BCUT2D eigenvalue weighted by molar-refractivity contribution is 5.77. The Morgan fingerprint density at radius 1 is 0.970 bits per heavy atom. The maximum Gasteiger partial charge on any atom is 0.257 e. The van der Waals surface area contributed by atoms with Crippen molar-refractivity contribution in [2.45, 2.75) is 13.0 Å². The lowest BCUT2D eigenvalue weighted by atomic mass is 10.1. The molecule has 0 radical (unpaired) electrons. The molecule has 1 N–H and O–H groups in total. The van der Waals surface area contributed by atoms with Crippen LogP contribution in [0, 0.1) is 0 Å². The number of benzene rings is 2. The molecule has 2 heterocycles. The van der Waals surface area contributed by atoms with Crippen LogP contribution in [-0.4, -0.2) is 50.1 Å². The second-order valence-electron chi connectivity index (χ2n) is 8.05. The molecule has 0 bridgehead atoms. The van der Waals surface area contributed by atoms with Crippen LogP contribution in [0.25, 0.3) is 0 Å². The third kappa shape index (κ3) is 6.70. The van der Waals surface area contributed by atoms with Gasteiger partial charge in [-0.15, -0.1) is 0 Å². The first kappa shape index (κ1) is 22.6. The van der Waals surface area contributed by atoms with Gasteiger partial charge in [-0.2, -0.15) is 0 Å². The van der Waals surface area contributed by atoms with Crippen LogP contribution in [0.15, 0.2) is 82.2 Å². The number of hydrogen-bond donors (Lipinski definition) is 1. The van der Waals surface area contributed by atoms with Crippen LogP contribution < -0.4 is 20.4 Å². The average molecular weight is 448 g/mol. The van der Waals surface area contributed by atoms with Gasteiger partial charge in [-0.05, 0) is 24.1 Å². The van der Waals surface area contributed by atoms with E-state index < -0.39 is 0 Å². The van der Waals surface area contributed by atoms with Crippen LogP contribution in [0.3, 0.4) is 0 Å². The molecular weight excluding hydrogens is 418 g/mol. The molecule has 4 rings (SSSR count). The molecule has 1 saturated heterocycles. The van der Waals surface area contributed by atoms with Gasteiger partial charge in [0.05, 0.1) is 6.54 Å². The van der Waals surface area contributed by atoms with Crippen molar-refractivity contribution in [1.82, 2.24) is 10.2 Å². The monoisotopic (exact) mass is 447 g/mol. The molecule has 7 heteroatoms. The van der Waals surface area contributed by atoms with E-state index in [1.54, 1.807) is 0 Å². The number of piperazine rings is 1. The zero-order chi connectivity index (χ0) is 22.9. The second-order valence-corrected chi connectivity index (χ2v) is 8.05. The van der Waals surface area contributed by atoms with E-state index in [4.69, 9.17) is 9.15 Å². The van der Waals surface area contributed by atoms with Crippen LogP contribution in [0.1, 0.15) is 11.3 Å². The largest absolute Gasteiger partial charge is 0.477 e. The first-order valence-electron chi connectivity index (χ1n) is 11.2. The first-order valence-corrected chi connectivity index (χ1v) is 11.2. The van der Waals surface area contributed by atoms with Crippen LogP contribution in [0.4, 0.5) is 5.69 Å². The summed E-state index contributed by atoms with van der Waals surface area (Å²) >= 11 is 0. The second kappa shape index (κ2) is 11.3. The summed E-state index contributed by atoms with van der Waals surface area (Å²) in [6.45, 7) is 4.49. The molecule has 0 atom stereocenters. The molecule has 1 aromatic heterocycles. The summed E-state index contributed by atoms with van der Waals surface area (Å²) in [4.78, 5) is 29.0. The lowest BCUT2D eigenvalue weighted by Gasteiger charge is -2.35. The summed E-state index contributed by atoms with van der Waals surface area (Å²) in [6.07, 6.45) is 2.04. The minimum absolute atomic E-state index is 0.0471. The van der Waals surface area contributed by atoms with E-state index >= 15 is 0 Å². The highest BCUT2D eigenvalue weighted by atomic mass is 16.5. The molecule has 3 aromatic rings. The highest BCUT2D eigenvalue weighted by Crippen LogP contribution is 2.17. The molecule has 7 nitrogen and oxygen atoms in total. The summed E-state index contributed by atoms with van der Waals surface area (Å²) in [5.41, 5.74) is 2.10. The average Bonchev–Trinajstić information content (AvgIpc) is 2.85. The van der Waals surface area contributed by atoms with Crippen molar-refractivity contribution in [3.8, 4) is 5.75 Å². The topological polar surface area (TPSA) is 75.0 Å². The van der Waals surface area contributed by atoms with Crippen LogP contribution in [-0.2, 0) is 17.8 Å². The van der Waals surface area contributed by atoms with Crippen LogP contribution >= 0.6 is 0 Å². The van der Waals surface area contributed by atoms with Gasteiger partial charge in [0.1, 0.15) is 12.0 Å². The van der Waals surface area contributed by atoms with Crippen molar-refractivity contribution >= 4 is 11.6 Å². The number of para-hydroxylation sites is 1. The minimum Gasteiger partial charge on any atom is -0.477 e. The third-order valence-corrected chi connectivity index (χ3v) is 5.66. The molecule has 1 amide bonds. The van der Waals surface area contributed by atoms with E-state index in [1.807, 2.05) is 48.5 Å². The summed E-state index contributed by atoms with van der Waals surface area (Å²) in [7, 11) is 0. The Hall–Kier alpha value is -3.58. The predicted molar refractivity (Wildman–Crippen MR) is 128 cm³/mol. The minimum atomic E-state index is -0.281. The zero-order valence-corrected chi connectivity index (χ0v) is 18.6. The molecule has 0 spiro atoms. The van der Waals surface area contributed by atoms with Crippen molar-refractivity contribution < 1.29 is 13.9 Å². The van der Waals surface area contributed by atoms with E-state index in [0.29, 0.717) is 18.8 Å². The van der Waals surface area contributed by atoms with Gasteiger partial charge in [-0.25, -0.2) is 0 Å². The third-order valence-electron chi connectivity index (χ3n) is 5.66.